The summed E-state index contributed by atoms with van der Waals surface area (Å²) < 4.78 is 99.8. The summed E-state index contributed by atoms with van der Waals surface area (Å²) in [6.45, 7) is 0.646. The summed E-state index contributed by atoms with van der Waals surface area (Å²) in [5.41, 5.74) is -2.51. The molecule has 0 aliphatic carbocycles. The van der Waals surface area contributed by atoms with Crippen LogP contribution in [-0.4, -0.2) is 59.3 Å². The summed E-state index contributed by atoms with van der Waals surface area (Å²) in [7, 11) is 0. The number of ketones is 1. The predicted molar refractivity (Wildman–Crippen MR) is 129 cm³/mol. The van der Waals surface area contributed by atoms with E-state index in [0.717, 1.165) is 0 Å². The fourth-order valence-corrected chi connectivity index (χ4v) is 6.13. The summed E-state index contributed by atoms with van der Waals surface area (Å²) in [4.78, 5) is 28.7. The lowest BCUT2D eigenvalue weighted by Crippen LogP contribution is -2.53. The Morgan fingerprint density at radius 2 is 1.48 bits per heavy atom. The van der Waals surface area contributed by atoms with Gasteiger partial charge >= 0.3 is 12.4 Å². The molecule has 2 aromatic carbocycles. The van der Waals surface area contributed by atoms with Crippen LogP contribution in [0, 0.1) is 5.82 Å². The molecule has 0 aromatic heterocycles. The normalized spacial score (nSPS) is 26.3. The highest BCUT2D eigenvalue weighted by molar-refractivity contribution is 5.80. The summed E-state index contributed by atoms with van der Waals surface area (Å²) in [6, 6.07) is 6.46. The molecule has 0 saturated carbocycles. The van der Waals surface area contributed by atoms with Crippen LogP contribution in [0.2, 0.25) is 0 Å². The fraction of sp³-hybridized carbons (Fsp3) is 0.500. The molecule has 0 bridgehead atoms. The number of likely N-dealkylation sites (tertiary alicyclic amines) is 1. The van der Waals surface area contributed by atoms with Crippen molar-refractivity contribution in [2.45, 2.75) is 68.7 Å². The minimum atomic E-state index is -4.98. The summed E-state index contributed by atoms with van der Waals surface area (Å²) in [6.07, 6.45) is -9.13. The first-order valence-electron chi connectivity index (χ1n) is 13.0. The first kappa shape index (κ1) is 28.5. The van der Waals surface area contributed by atoms with Crippen LogP contribution < -0.4 is 0 Å². The Labute approximate surface area is 225 Å². The van der Waals surface area contributed by atoms with Gasteiger partial charge in [0.15, 0.2) is 0 Å². The van der Waals surface area contributed by atoms with Crippen LogP contribution in [-0.2, 0) is 33.3 Å². The number of ether oxygens (including phenoxy) is 1. The molecule has 0 N–H and O–H groups in total. The van der Waals surface area contributed by atoms with Crippen LogP contribution >= 0.6 is 0 Å². The number of fused-ring (bicyclic) bond motifs is 1. The van der Waals surface area contributed by atoms with Crippen molar-refractivity contribution in [2.24, 2.45) is 0 Å². The quantitative estimate of drug-likeness (QED) is 0.440. The Morgan fingerprint density at radius 3 is 2.05 bits per heavy atom. The molecule has 3 heterocycles. The lowest BCUT2D eigenvalue weighted by Gasteiger charge is -2.42. The number of amides is 1. The van der Waals surface area contributed by atoms with Gasteiger partial charge < -0.3 is 9.64 Å². The molecule has 5 rings (SSSR count). The highest BCUT2D eigenvalue weighted by Crippen LogP contribution is 2.43. The van der Waals surface area contributed by atoms with E-state index >= 15 is 0 Å². The molecule has 5 nitrogen and oxygen atoms in total. The molecule has 4 atom stereocenters. The van der Waals surface area contributed by atoms with E-state index in [1.807, 2.05) is 0 Å². The Balaban J connectivity index is 1.41. The van der Waals surface area contributed by atoms with Crippen molar-refractivity contribution in [3.8, 4) is 0 Å². The molecule has 12 heteroatoms. The third kappa shape index (κ3) is 6.02. The van der Waals surface area contributed by atoms with Crippen molar-refractivity contribution in [3.05, 3.63) is 70.5 Å². The maximum absolute atomic E-state index is 13.7. The highest BCUT2D eigenvalue weighted by Gasteiger charge is 2.50. The SMILES string of the molecule is O=C1CCN(C2CC(=O)N3CC(OCc4cc(C(F)(F)F)cc(C(F)(F)F)c4)C(c4ccc(F)cc4)C3C2)CC1. The van der Waals surface area contributed by atoms with E-state index in [0.29, 0.717) is 50.0 Å². The maximum atomic E-state index is 13.7. The van der Waals surface area contributed by atoms with E-state index in [1.165, 1.54) is 12.1 Å². The van der Waals surface area contributed by atoms with Gasteiger partial charge in [0.2, 0.25) is 5.91 Å². The topological polar surface area (TPSA) is 49.9 Å². The molecule has 0 spiro atoms. The van der Waals surface area contributed by atoms with Crippen LogP contribution in [0.3, 0.4) is 0 Å². The first-order valence-corrected chi connectivity index (χ1v) is 13.0. The number of carbonyl (C=O) groups excluding carboxylic acids is 2. The van der Waals surface area contributed by atoms with Crippen molar-refractivity contribution >= 4 is 11.7 Å². The van der Waals surface area contributed by atoms with Crippen molar-refractivity contribution in [2.75, 3.05) is 19.6 Å². The van der Waals surface area contributed by atoms with Gasteiger partial charge in [-0.3, -0.25) is 14.5 Å². The molecule has 40 heavy (non-hydrogen) atoms. The molecule has 3 saturated heterocycles. The number of piperidine rings is 2. The van der Waals surface area contributed by atoms with Crippen LogP contribution in [0.15, 0.2) is 42.5 Å². The Kier molecular flexibility index (Phi) is 7.68. The van der Waals surface area contributed by atoms with E-state index in [1.54, 1.807) is 17.0 Å². The minimum Gasteiger partial charge on any atom is -0.371 e. The smallest absolute Gasteiger partial charge is 0.371 e. The van der Waals surface area contributed by atoms with Gasteiger partial charge in [-0.25, -0.2) is 4.39 Å². The molecule has 0 radical (unpaired) electrons. The fourth-order valence-electron chi connectivity index (χ4n) is 6.13. The molecule has 216 valence electrons. The van der Waals surface area contributed by atoms with Gasteiger partial charge in [0.05, 0.1) is 23.8 Å². The highest BCUT2D eigenvalue weighted by atomic mass is 19.4. The number of Topliss-reactive ketones (excluding diaryl/α,β-unsaturated/α-hetero) is 1. The number of nitrogens with zero attached hydrogens (tertiary/aromatic N) is 2. The van der Waals surface area contributed by atoms with Crippen LogP contribution in [0.1, 0.15) is 53.9 Å². The third-order valence-electron chi connectivity index (χ3n) is 8.07. The van der Waals surface area contributed by atoms with E-state index in [-0.39, 0.29) is 48.4 Å². The monoisotopic (exact) mass is 572 g/mol. The average molecular weight is 573 g/mol. The molecule has 3 aliphatic heterocycles. The largest absolute Gasteiger partial charge is 0.416 e. The van der Waals surface area contributed by atoms with E-state index in [4.69, 9.17) is 4.74 Å². The predicted octanol–water partition coefficient (Wildman–Crippen LogP) is 5.57. The van der Waals surface area contributed by atoms with E-state index in [2.05, 4.69) is 4.90 Å². The number of halogens is 7. The van der Waals surface area contributed by atoms with Crippen molar-refractivity contribution in [1.82, 2.24) is 9.80 Å². The van der Waals surface area contributed by atoms with Crippen molar-refractivity contribution in [1.29, 1.82) is 0 Å². The molecule has 4 unspecified atom stereocenters. The Bertz CT molecular complexity index is 1220. The molecule has 3 aliphatic rings. The zero-order valence-corrected chi connectivity index (χ0v) is 21.3. The van der Waals surface area contributed by atoms with Gasteiger partial charge in [-0.15, -0.1) is 0 Å². The van der Waals surface area contributed by atoms with E-state index in [9.17, 15) is 40.3 Å². The summed E-state index contributed by atoms with van der Waals surface area (Å²) in [5.74, 6) is -0.932. The van der Waals surface area contributed by atoms with Gasteiger partial charge in [0.25, 0.3) is 0 Å². The van der Waals surface area contributed by atoms with Gasteiger partial charge in [0, 0.05) is 56.9 Å². The second-order valence-corrected chi connectivity index (χ2v) is 10.6. The molecular formula is C28H27F7N2O3. The molecular weight excluding hydrogens is 545 g/mol. The third-order valence-corrected chi connectivity index (χ3v) is 8.07. The average Bonchev–Trinajstić information content (AvgIpc) is 3.26. The lowest BCUT2D eigenvalue weighted by atomic mass is 9.83. The first-order chi connectivity index (χ1) is 18.8. The lowest BCUT2D eigenvalue weighted by molar-refractivity contribution is -0.143. The summed E-state index contributed by atoms with van der Waals surface area (Å²) in [5, 5.41) is 0. The number of rotatable bonds is 5. The second-order valence-electron chi connectivity index (χ2n) is 10.6. The second kappa shape index (κ2) is 10.8. The standard InChI is InChI=1S/C28H27F7N2O3/c29-20-3-1-17(2-4-20)26-23-12-21(36-7-5-22(38)6-8-36)13-25(39)37(23)14-24(26)40-15-16-9-18(27(30,31)32)11-19(10-16)28(33,34)35/h1-4,9-11,21,23-24,26H,5-8,12-15H2. The molecule has 3 fully saturated rings. The van der Waals surface area contributed by atoms with Crippen LogP contribution in [0.5, 0.6) is 0 Å². The number of benzene rings is 2. The zero-order valence-electron chi connectivity index (χ0n) is 21.3. The van der Waals surface area contributed by atoms with Gasteiger partial charge in [-0.05, 0) is 47.9 Å². The Hall–Kier alpha value is -2.99. The summed E-state index contributed by atoms with van der Waals surface area (Å²) >= 11 is 0. The van der Waals surface area contributed by atoms with Gasteiger partial charge in [-0.1, -0.05) is 12.1 Å². The van der Waals surface area contributed by atoms with Crippen LogP contribution in [0.4, 0.5) is 30.7 Å². The van der Waals surface area contributed by atoms with Gasteiger partial charge in [0.1, 0.15) is 11.6 Å². The number of alkyl halides is 6. The van der Waals surface area contributed by atoms with Gasteiger partial charge in [-0.2, -0.15) is 26.3 Å². The van der Waals surface area contributed by atoms with Crippen LogP contribution in [0.25, 0.3) is 0 Å². The van der Waals surface area contributed by atoms with Crippen molar-refractivity contribution in [3.63, 3.8) is 0 Å². The molecule has 1 amide bonds. The number of hydrogen-bond acceptors (Lipinski definition) is 4. The zero-order chi connectivity index (χ0) is 28.8. The number of carbonyl (C=O) groups is 2. The minimum absolute atomic E-state index is 0.0631. The van der Waals surface area contributed by atoms with E-state index < -0.39 is 47.9 Å². The van der Waals surface area contributed by atoms with Crippen molar-refractivity contribution < 1.29 is 45.1 Å². The maximum Gasteiger partial charge on any atom is 0.416 e. The Morgan fingerprint density at radius 1 is 0.875 bits per heavy atom. The number of hydrogen-bond donors (Lipinski definition) is 0. The molecule has 2 aromatic rings.